The van der Waals surface area contributed by atoms with E-state index in [9.17, 15) is 0 Å². The molecular formula is C10H13BrO. The Morgan fingerprint density at radius 1 is 1.25 bits per heavy atom. The fraction of sp³-hybridized carbons (Fsp3) is 0.400. The zero-order valence-corrected chi connectivity index (χ0v) is 9.23. The van der Waals surface area contributed by atoms with Crippen molar-refractivity contribution in [1.29, 1.82) is 0 Å². The minimum atomic E-state index is 0.906. The van der Waals surface area contributed by atoms with E-state index in [-0.39, 0.29) is 0 Å². The Morgan fingerprint density at radius 3 is 2.42 bits per heavy atom. The lowest BCUT2D eigenvalue weighted by atomic mass is 10.1. The van der Waals surface area contributed by atoms with Gasteiger partial charge in [-0.2, -0.15) is 0 Å². The van der Waals surface area contributed by atoms with Crippen LogP contribution in [-0.2, 0) is 5.33 Å². The van der Waals surface area contributed by atoms with E-state index in [0.29, 0.717) is 0 Å². The highest BCUT2D eigenvalue weighted by Gasteiger charge is 2.02. The van der Waals surface area contributed by atoms with Crippen molar-refractivity contribution in [2.45, 2.75) is 19.2 Å². The normalized spacial score (nSPS) is 10.0. The summed E-state index contributed by atoms with van der Waals surface area (Å²) < 4.78 is 5.21. The van der Waals surface area contributed by atoms with Crippen LogP contribution in [0.1, 0.15) is 16.7 Å². The molecule has 0 fully saturated rings. The second-order valence-corrected chi connectivity index (χ2v) is 3.44. The van der Waals surface area contributed by atoms with Crippen LogP contribution in [0.3, 0.4) is 0 Å². The van der Waals surface area contributed by atoms with Gasteiger partial charge >= 0.3 is 0 Å². The molecule has 1 nitrogen and oxygen atoms in total. The summed E-state index contributed by atoms with van der Waals surface area (Å²) in [5.74, 6) is 0.970. The second-order valence-electron chi connectivity index (χ2n) is 2.88. The number of hydrogen-bond acceptors (Lipinski definition) is 1. The van der Waals surface area contributed by atoms with E-state index in [2.05, 4.69) is 41.9 Å². The molecule has 0 heterocycles. The average Bonchev–Trinajstić information content (AvgIpc) is 2.08. The van der Waals surface area contributed by atoms with Gasteiger partial charge < -0.3 is 4.74 Å². The molecule has 66 valence electrons. The average molecular weight is 229 g/mol. The molecule has 0 aliphatic heterocycles. The fourth-order valence-corrected chi connectivity index (χ4v) is 1.82. The summed E-state index contributed by atoms with van der Waals surface area (Å²) in [6, 6.07) is 4.23. The Balaban J connectivity index is 3.16. The summed E-state index contributed by atoms with van der Waals surface area (Å²) in [4.78, 5) is 0. The number of halogens is 1. The maximum absolute atomic E-state index is 5.21. The number of methoxy groups -OCH3 is 1. The molecule has 0 amide bonds. The lowest BCUT2D eigenvalue weighted by molar-refractivity contribution is 0.411. The predicted octanol–water partition coefficient (Wildman–Crippen LogP) is 3.21. The molecule has 0 radical (unpaired) electrons. The molecule has 0 bridgehead atoms. The summed E-state index contributed by atoms with van der Waals surface area (Å²) in [6.45, 7) is 4.16. The minimum Gasteiger partial charge on any atom is -0.496 e. The van der Waals surface area contributed by atoms with Crippen molar-refractivity contribution in [3.05, 3.63) is 28.8 Å². The van der Waals surface area contributed by atoms with Gasteiger partial charge in [-0.3, -0.25) is 0 Å². The van der Waals surface area contributed by atoms with E-state index in [0.717, 1.165) is 11.1 Å². The van der Waals surface area contributed by atoms with Gasteiger partial charge in [0, 0.05) is 5.33 Å². The number of alkyl halides is 1. The molecule has 12 heavy (non-hydrogen) atoms. The summed E-state index contributed by atoms with van der Waals surface area (Å²) in [5.41, 5.74) is 3.79. The monoisotopic (exact) mass is 228 g/mol. The fourth-order valence-electron chi connectivity index (χ4n) is 1.21. The van der Waals surface area contributed by atoms with Crippen molar-refractivity contribution in [3.63, 3.8) is 0 Å². The maximum Gasteiger partial charge on any atom is 0.122 e. The number of hydrogen-bond donors (Lipinski definition) is 0. The molecule has 0 spiro atoms. The van der Waals surface area contributed by atoms with E-state index in [1.165, 1.54) is 16.7 Å². The molecule has 1 rings (SSSR count). The molecular weight excluding hydrogens is 216 g/mol. The Hall–Kier alpha value is -0.500. The number of benzene rings is 1. The van der Waals surface area contributed by atoms with Crippen molar-refractivity contribution in [2.24, 2.45) is 0 Å². The molecule has 1 aromatic rings. The molecule has 0 atom stereocenters. The first-order valence-corrected chi connectivity index (χ1v) is 5.01. The Bertz CT molecular complexity index is 252. The van der Waals surface area contributed by atoms with Crippen LogP contribution in [0.5, 0.6) is 5.75 Å². The van der Waals surface area contributed by atoms with E-state index in [1.807, 2.05) is 0 Å². The third kappa shape index (κ3) is 1.81. The highest BCUT2D eigenvalue weighted by Crippen LogP contribution is 2.23. The minimum absolute atomic E-state index is 0.906. The summed E-state index contributed by atoms with van der Waals surface area (Å²) >= 11 is 3.45. The van der Waals surface area contributed by atoms with Crippen molar-refractivity contribution >= 4 is 15.9 Å². The Labute approximate surface area is 81.9 Å². The molecule has 0 saturated heterocycles. The highest BCUT2D eigenvalue weighted by atomic mass is 79.9. The van der Waals surface area contributed by atoms with Crippen molar-refractivity contribution in [1.82, 2.24) is 0 Å². The summed E-state index contributed by atoms with van der Waals surface area (Å²) in [7, 11) is 1.70. The van der Waals surface area contributed by atoms with Crippen LogP contribution < -0.4 is 4.74 Å². The quantitative estimate of drug-likeness (QED) is 0.707. The van der Waals surface area contributed by atoms with Gasteiger partial charge in [-0.25, -0.2) is 0 Å². The summed E-state index contributed by atoms with van der Waals surface area (Å²) in [5, 5.41) is 0.906. The molecule has 0 N–H and O–H groups in total. The van der Waals surface area contributed by atoms with E-state index in [4.69, 9.17) is 4.74 Å². The number of rotatable bonds is 2. The van der Waals surface area contributed by atoms with Crippen LogP contribution in [0, 0.1) is 13.8 Å². The second kappa shape index (κ2) is 3.94. The third-order valence-corrected chi connectivity index (χ3v) is 2.60. The number of ether oxygens (including phenoxy) is 1. The first-order chi connectivity index (χ1) is 5.69. The molecule has 1 aromatic carbocycles. The molecule has 2 heteroatoms. The number of aryl methyl sites for hydroxylation is 2. The first-order valence-electron chi connectivity index (χ1n) is 3.89. The van der Waals surface area contributed by atoms with Crippen LogP contribution in [0.15, 0.2) is 12.1 Å². The van der Waals surface area contributed by atoms with E-state index in [1.54, 1.807) is 7.11 Å². The van der Waals surface area contributed by atoms with Crippen LogP contribution >= 0.6 is 15.9 Å². The van der Waals surface area contributed by atoms with E-state index < -0.39 is 0 Å². The van der Waals surface area contributed by atoms with Gasteiger partial charge in [0.1, 0.15) is 5.75 Å². The van der Waals surface area contributed by atoms with Crippen molar-refractivity contribution in [2.75, 3.05) is 7.11 Å². The third-order valence-electron chi connectivity index (χ3n) is 2.00. The standard InChI is InChI=1S/C10H13BrO/c1-7-5-10(12-3)8(2)4-9(7)6-11/h4-5H,6H2,1-3H3. The lowest BCUT2D eigenvalue weighted by Crippen LogP contribution is -1.91. The summed E-state index contributed by atoms with van der Waals surface area (Å²) in [6.07, 6.45) is 0. The van der Waals surface area contributed by atoms with Gasteiger partial charge in [0.2, 0.25) is 0 Å². The Kier molecular flexibility index (Phi) is 3.15. The van der Waals surface area contributed by atoms with Gasteiger partial charge in [0.05, 0.1) is 7.11 Å². The smallest absolute Gasteiger partial charge is 0.122 e. The van der Waals surface area contributed by atoms with Crippen LogP contribution in [0.2, 0.25) is 0 Å². The van der Waals surface area contributed by atoms with Gasteiger partial charge in [-0.15, -0.1) is 0 Å². The van der Waals surface area contributed by atoms with Crippen LogP contribution in [-0.4, -0.2) is 7.11 Å². The van der Waals surface area contributed by atoms with E-state index >= 15 is 0 Å². The zero-order valence-electron chi connectivity index (χ0n) is 7.65. The Morgan fingerprint density at radius 2 is 1.92 bits per heavy atom. The molecule has 0 unspecified atom stereocenters. The topological polar surface area (TPSA) is 9.23 Å². The highest BCUT2D eigenvalue weighted by molar-refractivity contribution is 9.08. The van der Waals surface area contributed by atoms with Gasteiger partial charge in [0.15, 0.2) is 0 Å². The molecule has 0 aromatic heterocycles. The lowest BCUT2D eigenvalue weighted by Gasteiger charge is -2.08. The van der Waals surface area contributed by atoms with Crippen LogP contribution in [0.25, 0.3) is 0 Å². The zero-order chi connectivity index (χ0) is 9.14. The largest absolute Gasteiger partial charge is 0.496 e. The van der Waals surface area contributed by atoms with Gasteiger partial charge in [-0.1, -0.05) is 22.0 Å². The first kappa shape index (κ1) is 9.59. The maximum atomic E-state index is 5.21. The molecule has 0 aliphatic carbocycles. The van der Waals surface area contributed by atoms with Gasteiger partial charge in [0.25, 0.3) is 0 Å². The predicted molar refractivity (Wildman–Crippen MR) is 55.1 cm³/mol. The van der Waals surface area contributed by atoms with Gasteiger partial charge in [-0.05, 0) is 36.6 Å². The molecule has 0 aliphatic rings. The molecule has 0 saturated carbocycles. The van der Waals surface area contributed by atoms with Crippen molar-refractivity contribution < 1.29 is 4.74 Å². The van der Waals surface area contributed by atoms with Crippen molar-refractivity contribution in [3.8, 4) is 5.75 Å². The SMILES string of the molecule is COc1cc(C)c(CBr)cc1C. The van der Waals surface area contributed by atoms with Crippen LogP contribution in [0.4, 0.5) is 0 Å².